The molecule has 4 aromatic carbocycles. The Balaban J connectivity index is 1.08. The molecule has 9 heteroatoms. The quantitative estimate of drug-likeness (QED) is 0.113. The number of aliphatic hydroxyl groups is 1. The third kappa shape index (κ3) is 9.69. The van der Waals surface area contributed by atoms with Crippen molar-refractivity contribution in [2.24, 2.45) is 0 Å². The Morgan fingerprint density at radius 1 is 0.867 bits per heavy atom. The molecule has 1 aromatic heterocycles. The Morgan fingerprint density at radius 3 is 2.29 bits per heavy atom. The number of rotatable bonds is 16. The number of nitrogens with one attached hydrogen (secondary N) is 3. The van der Waals surface area contributed by atoms with Crippen LogP contribution in [-0.2, 0) is 13.2 Å². The minimum absolute atomic E-state index is 0.152. The van der Waals surface area contributed by atoms with Gasteiger partial charge in [0.05, 0.1) is 11.3 Å². The maximum atomic E-state index is 13.2. The van der Waals surface area contributed by atoms with Crippen LogP contribution in [0.3, 0.4) is 0 Å². The normalized spacial score (nSPS) is 11.5. The fourth-order valence-corrected chi connectivity index (χ4v) is 4.54. The number of ether oxygens (including phenoxy) is 3. The van der Waals surface area contributed by atoms with Crippen LogP contribution in [0, 0.1) is 6.92 Å². The topological polar surface area (TPSA) is 118 Å². The van der Waals surface area contributed by atoms with Gasteiger partial charge in [-0.15, -0.1) is 0 Å². The summed E-state index contributed by atoms with van der Waals surface area (Å²) in [6, 6.07) is 32.3. The zero-order chi connectivity index (χ0) is 31.3. The van der Waals surface area contributed by atoms with E-state index in [4.69, 9.17) is 14.2 Å². The van der Waals surface area contributed by atoms with Crippen molar-refractivity contribution >= 4 is 5.91 Å². The van der Waals surface area contributed by atoms with Gasteiger partial charge in [0.25, 0.3) is 5.91 Å². The summed E-state index contributed by atoms with van der Waals surface area (Å²) in [4.78, 5) is 20.8. The summed E-state index contributed by atoms with van der Waals surface area (Å²) in [6.07, 6.45) is 1.16. The first-order chi connectivity index (χ1) is 22.0. The standard InChI is InChI=1S/C36H38N4O5/c1-26-21-38-35(40-26)29-12-14-31(15-13-29)44-25-30(41)23-37-18-19-43-32-16-17-34(45-24-28-10-6-3-7-11-28)33(20-32)36(42)39-22-27-8-4-2-5-9-27/h2-17,20-21,30,37,41H,18-19,22-25H2,1H3,(H,38,40)(H,39,42). The van der Waals surface area contributed by atoms with Gasteiger partial charge < -0.3 is 34.9 Å². The first-order valence-corrected chi connectivity index (χ1v) is 14.9. The third-order valence-electron chi connectivity index (χ3n) is 6.93. The predicted octanol–water partition coefficient (Wildman–Crippen LogP) is 5.30. The van der Waals surface area contributed by atoms with Crippen molar-refractivity contribution in [3.05, 3.63) is 132 Å². The SMILES string of the molecule is Cc1c[nH]c(-c2ccc(OCC(O)CNCCOc3ccc(OCc4ccccc4)c(C(=O)NCc4ccccc4)c3)cc2)n1. The number of amides is 1. The molecule has 1 heterocycles. The van der Waals surface area contributed by atoms with Crippen molar-refractivity contribution in [2.45, 2.75) is 26.2 Å². The van der Waals surface area contributed by atoms with E-state index in [1.165, 1.54) is 0 Å². The van der Waals surface area contributed by atoms with Gasteiger partial charge in [-0.1, -0.05) is 60.7 Å². The Kier molecular flexibility index (Phi) is 11.2. The summed E-state index contributed by atoms with van der Waals surface area (Å²) in [5, 5.41) is 16.5. The molecular formula is C36H38N4O5. The van der Waals surface area contributed by atoms with E-state index in [1.54, 1.807) is 18.2 Å². The molecule has 0 aliphatic heterocycles. The molecule has 0 saturated heterocycles. The molecule has 45 heavy (non-hydrogen) atoms. The largest absolute Gasteiger partial charge is 0.492 e. The summed E-state index contributed by atoms with van der Waals surface area (Å²) in [5.41, 5.74) is 4.30. The third-order valence-corrected chi connectivity index (χ3v) is 6.93. The molecule has 5 rings (SSSR count). The zero-order valence-electron chi connectivity index (χ0n) is 25.2. The molecule has 9 nitrogen and oxygen atoms in total. The van der Waals surface area contributed by atoms with E-state index in [1.807, 2.05) is 98.0 Å². The highest BCUT2D eigenvalue weighted by atomic mass is 16.5. The van der Waals surface area contributed by atoms with E-state index >= 15 is 0 Å². The summed E-state index contributed by atoms with van der Waals surface area (Å²) in [5.74, 6) is 2.25. The average molecular weight is 607 g/mol. The summed E-state index contributed by atoms with van der Waals surface area (Å²) >= 11 is 0. The Labute approximate surface area is 263 Å². The van der Waals surface area contributed by atoms with Gasteiger partial charge in [0.15, 0.2) is 0 Å². The van der Waals surface area contributed by atoms with E-state index in [9.17, 15) is 9.90 Å². The maximum Gasteiger partial charge on any atom is 0.255 e. The van der Waals surface area contributed by atoms with Crippen LogP contribution in [0.5, 0.6) is 17.2 Å². The van der Waals surface area contributed by atoms with Crippen LogP contribution in [0.1, 0.15) is 27.2 Å². The molecule has 0 bridgehead atoms. The molecule has 1 amide bonds. The number of hydrogen-bond donors (Lipinski definition) is 4. The monoisotopic (exact) mass is 606 g/mol. The van der Waals surface area contributed by atoms with Gasteiger partial charge >= 0.3 is 0 Å². The van der Waals surface area contributed by atoms with Crippen LogP contribution in [0.2, 0.25) is 0 Å². The highest BCUT2D eigenvalue weighted by Gasteiger charge is 2.15. The van der Waals surface area contributed by atoms with Crippen molar-refractivity contribution in [1.82, 2.24) is 20.6 Å². The van der Waals surface area contributed by atoms with Gasteiger partial charge in [0, 0.05) is 31.4 Å². The number of hydrogen-bond acceptors (Lipinski definition) is 7. The first-order valence-electron chi connectivity index (χ1n) is 14.9. The molecule has 0 aliphatic rings. The van der Waals surface area contributed by atoms with Crippen LogP contribution in [0.15, 0.2) is 109 Å². The summed E-state index contributed by atoms with van der Waals surface area (Å²) < 4.78 is 17.7. The first kappa shape index (κ1) is 31.3. The van der Waals surface area contributed by atoms with E-state index in [-0.39, 0.29) is 12.5 Å². The number of aliphatic hydroxyl groups excluding tert-OH is 1. The Bertz CT molecular complexity index is 1620. The molecule has 0 spiro atoms. The van der Waals surface area contributed by atoms with Gasteiger partial charge in [-0.2, -0.15) is 0 Å². The smallest absolute Gasteiger partial charge is 0.255 e. The molecule has 0 saturated carbocycles. The second kappa shape index (κ2) is 16.1. The zero-order valence-corrected chi connectivity index (χ0v) is 25.2. The molecule has 232 valence electrons. The molecule has 0 aliphatic carbocycles. The number of H-pyrrole nitrogens is 1. The highest BCUT2D eigenvalue weighted by molar-refractivity contribution is 5.97. The second-order valence-corrected chi connectivity index (χ2v) is 10.5. The molecule has 0 fully saturated rings. The summed E-state index contributed by atoms with van der Waals surface area (Å²) in [6.45, 7) is 4.00. The lowest BCUT2D eigenvalue weighted by molar-refractivity contribution is 0.0945. The Morgan fingerprint density at radius 2 is 1.58 bits per heavy atom. The lowest BCUT2D eigenvalue weighted by atomic mass is 10.1. The van der Waals surface area contributed by atoms with Crippen LogP contribution < -0.4 is 24.8 Å². The average Bonchev–Trinajstić information content (AvgIpc) is 3.52. The van der Waals surface area contributed by atoms with Crippen LogP contribution in [0.4, 0.5) is 0 Å². The maximum absolute atomic E-state index is 13.2. The van der Waals surface area contributed by atoms with Crippen LogP contribution in [0.25, 0.3) is 11.4 Å². The number of aromatic nitrogens is 2. The van der Waals surface area contributed by atoms with Gasteiger partial charge in [0.2, 0.25) is 0 Å². The molecule has 4 N–H and O–H groups in total. The fourth-order valence-electron chi connectivity index (χ4n) is 4.54. The molecular weight excluding hydrogens is 568 g/mol. The number of aromatic amines is 1. The number of nitrogens with zero attached hydrogens (tertiary/aromatic N) is 1. The highest BCUT2D eigenvalue weighted by Crippen LogP contribution is 2.26. The predicted molar refractivity (Wildman–Crippen MR) is 173 cm³/mol. The molecule has 1 unspecified atom stereocenters. The van der Waals surface area contributed by atoms with Gasteiger partial charge in [-0.25, -0.2) is 4.98 Å². The number of aryl methyl sites for hydroxylation is 1. The lowest BCUT2D eigenvalue weighted by Gasteiger charge is -2.15. The second-order valence-electron chi connectivity index (χ2n) is 10.5. The van der Waals surface area contributed by atoms with E-state index in [2.05, 4.69) is 20.6 Å². The lowest BCUT2D eigenvalue weighted by Crippen LogP contribution is -2.33. The molecule has 1 atom stereocenters. The fraction of sp³-hybridized carbons (Fsp3) is 0.222. The Hall–Kier alpha value is -5.12. The van der Waals surface area contributed by atoms with Crippen LogP contribution >= 0.6 is 0 Å². The number of carbonyl (C=O) groups excluding carboxylic acids is 1. The van der Waals surface area contributed by atoms with Gasteiger partial charge in [-0.05, 0) is 60.5 Å². The molecule has 5 aromatic rings. The minimum Gasteiger partial charge on any atom is -0.492 e. The summed E-state index contributed by atoms with van der Waals surface area (Å²) in [7, 11) is 0. The van der Waals surface area contributed by atoms with Gasteiger partial charge in [0.1, 0.15) is 49.0 Å². The van der Waals surface area contributed by atoms with Crippen molar-refractivity contribution < 1.29 is 24.1 Å². The van der Waals surface area contributed by atoms with Crippen molar-refractivity contribution in [2.75, 3.05) is 26.3 Å². The van der Waals surface area contributed by atoms with Crippen LogP contribution in [-0.4, -0.2) is 53.4 Å². The number of imidazole rings is 1. The van der Waals surface area contributed by atoms with Crippen molar-refractivity contribution in [3.8, 4) is 28.6 Å². The van der Waals surface area contributed by atoms with Crippen molar-refractivity contribution in [3.63, 3.8) is 0 Å². The molecule has 0 radical (unpaired) electrons. The van der Waals surface area contributed by atoms with Crippen molar-refractivity contribution in [1.29, 1.82) is 0 Å². The number of carbonyl (C=O) groups is 1. The van der Waals surface area contributed by atoms with E-state index in [0.717, 1.165) is 28.2 Å². The van der Waals surface area contributed by atoms with E-state index in [0.29, 0.717) is 55.7 Å². The van der Waals surface area contributed by atoms with E-state index < -0.39 is 6.10 Å². The minimum atomic E-state index is -0.696. The number of benzene rings is 4. The van der Waals surface area contributed by atoms with Gasteiger partial charge in [-0.3, -0.25) is 4.79 Å².